The Morgan fingerprint density at radius 1 is 0.903 bits per heavy atom. The van der Waals surface area contributed by atoms with Gasteiger partial charge in [-0.25, -0.2) is 14.8 Å². The van der Waals surface area contributed by atoms with Crippen molar-refractivity contribution in [3.05, 3.63) is 83.2 Å². The average molecular weight is 454 g/mol. The first-order valence-corrected chi connectivity index (χ1v) is 10.4. The Balaban J connectivity index is 1.89. The van der Waals surface area contributed by atoms with Gasteiger partial charge in [0.05, 0.1) is 11.1 Å². The highest BCUT2D eigenvalue weighted by Crippen LogP contribution is 2.37. The second-order valence-corrected chi connectivity index (χ2v) is 8.34. The zero-order valence-electron chi connectivity index (χ0n) is 15.7. The molecule has 0 saturated heterocycles. The number of nitrogens with zero attached hydrogens (tertiary/aromatic N) is 4. The second kappa shape index (κ2) is 10.5. The summed E-state index contributed by atoms with van der Waals surface area (Å²) in [4.78, 5) is 20.2. The molecule has 3 aromatic rings. The maximum atomic E-state index is 13.6. The summed E-state index contributed by atoms with van der Waals surface area (Å²) in [6, 6.07) is 17.2. The molecule has 0 aliphatic rings. The summed E-state index contributed by atoms with van der Waals surface area (Å²) in [5.74, 6) is -2.39. The average Bonchev–Trinajstić information content (AvgIpc) is 2.78. The lowest BCUT2D eigenvalue weighted by molar-refractivity contribution is -0.142. The van der Waals surface area contributed by atoms with Crippen molar-refractivity contribution < 1.29 is 18.3 Å². The third-order valence-corrected chi connectivity index (χ3v) is 6.21. The number of benzene rings is 1. The number of aromatic nitrogens is 2. The number of rotatable bonds is 7. The van der Waals surface area contributed by atoms with Crippen LogP contribution >= 0.6 is 23.5 Å². The van der Waals surface area contributed by atoms with Gasteiger partial charge in [0.2, 0.25) is 11.9 Å². The van der Waals surface area contributed by atoms with Crippen molar-refractivity contribution in [2.45, 2.75) is 21.2 Å². The molecule has 0 radical (unpaired) electrons. The van der Waals surface area contributed by atoms with Gasteiger partial charge in [0.15, 0.2) is 4.58 Å². The smallest absolute Gasteiger partial charge is 0.330 e. The molecule has 0 bridgehead atoms. The fourth-order valence-corrected chi connectivity index (χ4v) is 4.54. The molecule has 0 unspecified atom stereocenters. The first kappa shape index (κ1) is 22.2. The highest BCUT2D eigenvalue weighted by molar-refractivity contribution is 8.18. The first-order chi connectivity index (χ1) is 15.0. The van der Waals surface area contributed by atoms with E-state index in [1.807, 2.05) is 18.2 Å². The summed E-state index contributed by atoms with van der Waals surface area (Å²) in [5.41, 5.74) is 0.855. The molecule has 0 aliphatic heterocycles. The highest BCUT2D eigenvalue weighted by Gasteiger charge is 2.27. The Morgan fingerprint density at radius 3 is 1.90 bits per heavy atom. The van der Waals surface area contributed by atoms with Crippen molar-refractivity contribution in [1.82, 2.24) is 9.97 Å². The zero-order chi connectivity index (χ0) is 22.2. The third kappa shape index (κ3) is 6.01. The van der Waals surface area contributed by atoms with E-state index >= 15 is 0 Å². The van der Waals surface area contributed by atoms with Gasteiger partial charge in [-0.1, -0.05) is 53.9 Å². The summed E-state index contributed by atoms with van der Waals surface area (Å²) in [7, 11) is 0. The van der Waals surface area contributed by atoms with E-state index in [0.717, 1.165) is 41.2 Å². The summed E-state index contributed by atoms with van der Waals surface area (Å²) >= 11 is 1.52. The number of halogens is 2. The molecule has 3 rings (SSSR count). The van der Waals surface area contributed by atoms with E-state index in [4.69, 9.17) is 4.74 Å². The van der Waals surface area contributed by atoms with Crippen molar-refractivity contribution in [3.8, 4) is 12.1 Å². The van der Waals surface area contributed by atoms with Crippen LogP contribution in [0.4, 0.5) is 8.78 Å². The van der Waals surface area contributed by atoms with Gasteiger partial charge in [-0.15, -0.1) is 0 Å². The first-order valence-electron chi connectivity index (χ1n) is 8.67. The highest BCUT2D eigenvalue weighted by atomic mass is 32.2. The van der Waals surface area contributed by atoms with Crippen LogP contribution in [0.25, 0.3) is 0 Å². The van der Waals surface area contributed by atoms with Crippen molar-refractivity contribution in [2.75, 3.05) is 0 Å². The largest absolute Gasteiger partial charge is 0.459 e. The van der Waals surface area contributed by atoms with E-state index in [9.17, 15) is 24.1 Å². The molecule has 0 fully saturated rings. The van der Waals surface area contributed by atoms with E-state index in [1.54, 1.807) is 24.3 Å². The Labute approximate surface area is 184 Å². The van der Waals surface area contributed by atoms with Crippen LogP contribution in [0.3, 0.4) is 0 Å². The van der Waals surface area contributed by atoms with Crippen molar-refractivity contribution in [2.24, 2.45) is 0 Å². The molecule has 10 heteroatoms. The van der Waals surface area contributed by atoms with Crippen LogP contribution in [0.1, 0.15) is 16.7 Å². The monoisotopic (exact) mass is 454 g/mol. The molecule has 31 heavy (non-hydrogen) atoms. The number of nitriles is 2. The molecule has 1 aromatic carbocycles. The van der Waals surface area contributed by atoms with Gasteiger partial charge in [0, 0.05) is 0 Å². The maximum Gasteiger partial charge on any atom is 0.330 e. The van der Waals surface area contributed by atoms with Crippen LogP contribution in [-0.2, 0) is 16.1 Å². The summed E-state index contributed by atoms with van der Waals surface area (Å²) in [6.07, 6.45) is 0. The normalized spacial score (nSPS) is 10.4. The molecular formula is C21H12F2N4O2S2. The van der Waals surface area contributed by atoms with E-state index < -0.39 is 22.4 Å². The van der Waals surface area contributed by atoms with E-state index in [0.29, 0.717) is 0 Å². The number of esters is 1. The summed E-state index contributed by atoms with van der Waals surface area (Å²) in [6.45, 7) is -0.0271. The number of hydrogen-bond donors (Lipinski definition) is 0. The fraction of sp³-hybridized carbons (Fsp3) is 0.0952. The molecule has 2 aromatic heterocycles. The van der Waals surface area contributed by atoms with E-state index in [1.165, 1.54) is 12.1 Å². The van der Waals surface area contributed by atoms with Gasteiger partial charge in [-0.05, 0) is 29.8 Å². The van der Waals surface area contributed by atoms with Gasteiger partial charge >= 0.3 is 5.97 Å². The zero-order valence-corrected chi connectivity index (χ0v) is 17.3. The molecule has 0 N–H and O–H groups in total. The van der Waals surface area contributed by atoms with Gasteiger partial charge in [-0.3, -0.25) is 0 Å². The Hall–Kier alpha value is -3.47. The number of carbonyl (C=O) groups is 1. The van der Waals surface area contributed by atoms with Gasteiger partial charge < -0.3 is 4.74 Å². The van der Waals surface area contributed by atoms with E-state index in [2.05, 4.69) is 9.97 Å². The van der Waals surface area contributed by atoms with Crippen LogP contribution in [0.15, 0.2) is 64.6 Å². The molecule has 0 spiro atoms. The number of ether oxygens (including phenoxy) is 1. The lowest BCUT2D eigenvalue weighted by Gasteiger charge is -2.16. The van der Waals surface area contributed by atoms with Crippen LogP contribution in [0.2, 0.25) is 0 Å². The van der Waals surface area contributed by atoms with Crippen LogP contribution < -0.4 is 0 Å². The molecule has 6 nitrogen and oxygen atoms in total. The number of hydrogen-bond acceptors (Lipinski definition) is 8. The molecule has 0 aliphatic carbocycles. The lowest BCUT2D eigenvalue weighted by Crippen LogP contribution is -2.18. The summed E-state index contributed by atoms with van der Waals surface area (Å²) < 4.78 is 31.5. The van der Waals surface area contributed by atoms with Gasteiger partial charge in [-0.2, -0.15) is 19.3 Å². The minimum atomic E-state index is -1.13. The molecule has 0 amide bonds. The van der Waals surface area contributed by atoms with Crippen LogP contribution in [-0.4, -0.2) is 20.5 Å². The predicted molar refractivity (Wildman–Crippen MR) is 110 cm³/mol. The standard InChI is InChI=1S/C21H12F2N4O2S2/c22-16-8-6-14(10-24)18(26-16)30-21(20(28)29-12-13-4-2-1-3-5-13)31-19-15(11-25)7-9-17(23)27-19/h1-9,21H,12H2. The second-order valence-electron chi connectivity index (χ2n) is 5.86. The number of pyridine rings is 2. The molecule has 0 atom stereocenters. The summed E-state index contributed by atoms with van der Waals surface area (Å²) in [5, 5.41) is 18.5. The fourth-order valence-electron chi connectivity index (χ4n) is 2.31. The number of thioether (sulfide) groups is 2. The maximum absolute atomic E-state index is 13.6. The van der Waals surface area contributed by atoms with Crippen LogP contribution in [0, 0.1) is 34.6 Å². The minimum absolute atomic E-state index is 0.0271. The van der Waals surface area contributed by atoms with Crippen molar-refractivity contribution >= 4 is 29.5 Å². The molecule has 2 heterocycles. The van der Waals surface area contributed by atoms with Crippen molar-refractivity contribution in [1.29, 1.82) is 10.5 Å². The Morgan fingerprint density at radius 2 is 1.42 bits per heavy atom. The molecule has 0 saturated carbocycles. The Bertz CT molecular complexity index is 1110. The molecule has 154 valence electrons. The third-order valence-electron chi connectivity index (χ3n) is 3.75. The Kier molecular flexibility index (Phi) is 7.55. The molecular weight excluding hydrogens is 442 g/mol. The van der Waals surface area contributed by atoms with E-state index in [-0.39, 0.29) is 27.8 Å². The van der Waals surface area contributed by atoms with Crippen LogP contribution in [0.5, 0.6) is 0 Å². The SMILES string of the molecule is N#Cc1ccc(F)nc1SC(Sc1nc(F)ccc1C#N)C(=O)OCc1ccccc1. The number of carbonyl (C=O) groups excluding carboxylic acids is 1. The lowest BCUT2D eigenvalue weighted by atomic mass is 10.2. The van der Waals surface area contributed by atoms with Gasteiger partial charge in [0.1, 0.15) is 28.8 Å². The predicted octanol–water partition coefficient (Wildman–Crippen LogP) is 4.45. The topological polar surface area (TPSA) is 99.7 Å². The van der Waals surface area contributed by atoms with Crippen molar-refractivity contribution in [3.63, 3.8) is 0 Å². The quantitative estimate of drug-likeness (QED) is 0.223. The van der Waals surface area contributed by atoms with Gasteiger partial charge in [0.25, 0.3) is 0 Å². The minimum Gasteiger partial charge on any atom is -0.459 e.